The molecule has 0 fully saturated rings. The summed E-state index contributed by atoms with van der Waals surface area (Å²) >= 11 is 0. The van der Waals surface area contributed by atoms with Gasteiger partial charge in [-0.3, -0.25) is 0 Å². The van der Waals surface area contributed by atoms with Gasteiger partial charge in [-0.05, 0) is 50.5 Å². The molecule has 1 aliphatic carbocycles. The molecule has 3 rings (SSSR count). The van der Waals surface area contributed by atoms with Gasteiger partial charge in [-0.1, -0.05) is 6.92 Å². The van der Waals surface area contributed by atoms with E-state index in [9.17, 15) is 10.1 Å². The van der Waals surface area contributed by atoms with Crippen molar-refractivity contribution >= 4 is 0 Å². The van der Waals surface area contributed by atoms with Gasteiger partial charge in [0.15, 0.2) is 0 Å². The van der Waals surface area contributed by atoms with Gasteiger partial charge in [-0.25, -0.2) is 0 Å². The fourth-order valence-corrected chi connectivity index (χ4v) is 3.00. The summed E-state index contributed by atoms with van der Waals surface area (Å²) in [5, 5.41) is 10.3. The van der Waals surface area contributed by atoms with E-state index < -0.39 is 0 Å². The lowest BCUT2D eigenvalue weighted by molar-refractivity contribution is -0.494. The van der Waals surface area contributed by atoms with Gasteiger partial charge in [0.25, 0.3) is 11.4 Å². The van der Waals surface area contributed by atoms with Crippen LogP contribution in [-0.4, -0.2) is 16.5 Å². The summed E-state index contributed by atoms with van der Waals surface area (Å²) in [6, 6.07) is 7.45. The number of rotatable bonds is 4. The highest BCUT2D eigenvalue weighted by molar-refractivity contribution is 5.60. The van der Waals surface area contributed by atoms with E-state index in [-0.39, 0.29) is 0 Å². The molecule has 1 aromatic carbocycles. The lowest BCUT2D eigenvalue weighted by Crippen LogP contribution is -2.29. The van der Waals surface area contributed by atoms with Crippen LogP contribution in [-0.2, 0) is 12.8 Å². The van der Waals surface area contributed by atoms with Crippen molar-refractivity contribution < 1.29 is 14.4 Å². The van der Waals surface area contributed by atoms with E-state index in [1.54, 1.807) is 6.92 Å². The molecule has 0 amide bonds. The van der Waals surface area contributed by atoms with Gasteiger partial charge >= 0.3 is 0 Å². The van der Waals surface area contributed by atoms with Gasteiger partial charge in [0.2, 0.25) is 0 Å². The van der Waals surface area contributed by atoms with Crippen molar-refractivity contribution in [3.63, 3.8) is 0 Å². The van der Waals surface area contributed by atoms with Crippen LogP contribution in [0.1, 0.15) is 36.8 Å². The lowest BCUT2D eigenvalue weighted by Gasteiger charge is -2.08. The SMILES string of the molecule is CCCOc1ccc(-c2c(C)n(O)c3c([n+]2=O)CCC3)cc1. The van der Waals surface area contributed by atoms with E-state index in [1.807, 2.05) is 24.3 Å². The van der Waals surface area contributed by atoms with Crippen LogP contribution in [0.2, 0.25) is 0 Å². The quantitative estimate of drug-likeness (QED) is 0.698. The Morgan fingerprint density at radius 2 is 2.00 bits per heavy atom. The Morgan fingerprint density at radius 3 is 2.68 bits per heavy atom. The van der Waals surface area contributed by atoms with Crippen molar-refractivity contribution in [3.05, 3.63) is 46.3 Å². The minimum atomic E-state index is 0.505. The highest BCUT2D eigenvalue weighted by atomic mass is 16.5. The molecule has 0 spiro atoms. The van der Waals surface area contributed by atoms with Crippen molar-refractivity contribution in [2.45, 2.75) is 39.5 Å². The summed E-state index contributed by atoms with van der Waals surface area (Å²) in [6.45, 7) is 4.50. The number of hydrogen-bond acceptors (Lipinski definition) is 3. The maximum atomic E-state index is 12.7. The largest absolute Gasteiger partial charge is 0.494 e. The van der Waals surface area contributed by atoms with Crippen molar-refractivity contribution in [2.24, 2.45) is 0 Å². The minimum absolute atomic E-state index is 0.505. The van der Waals surface area contributed by atoms with Crippen molar-refractivity contribution in [2.75, 3.05) is 6.61 Å². The molecule has 0 saturated carbocycles. The van der Waals surface area contributed by atoms with Gasteiger partial charge in [0, 0.05) is 11.3 Å². The Morgan fingerprint density at radius 1 is 1.27 bits per heavy atom. The van der Waals surface area contributed by atoms with Crippen molar-refractivity contribution in [1.82, 2.24) is 4.73 Å². The molecule has 2 aromatic rings. The third-order valence-electron chi connectivity index (χ3n) is 4.13. The van der Waals surface area contributed by atoms with E-state index in [4.69, 9.17) is 4.74 Å². The number of hydrogen-bond donors (Lipinski definition) is 1. The number of nitrogens with zero attached hydrogens (tertiary/aromatic N) is 2. The third-order valence-corrected chi connectivity index (χ3v) is 4.13. The van der Waals surface area contributed by atoms with Crippen molar-refractivity contribution in [1.29, 1.82) is 0 Å². The van der Waals surface area contributed by atoms with Gasteiger partial charge < -0.3 is 9.94 Å². The van der Waals surface area contributed by atoms with E-state index >= 15 is 0 Å². The normalized spacial score (nSPS) is 13.2. The van der Waals surface area contributed by atoms with E-state index in [0.29, 0.717) is 30.1 Å². The van der Waals surface area contributed by atoms with Crippen LogP contribution in [0.15, 0.2) is 24.3 Å². The molecule has 0 aliphatic heterocycles. The molecule has 1 aliphatic rings. The van der Waals surface area contributed by atoms with Crippen LogP contribution < -0.4 is 9.16 Å². The van der Waals surface area contributed by atoms with Gasteiger partial charge in [-0.15, -0.1) is 0 Å². The number of aromatic nitrogens is 2. The summed E-state index contributed by atoms with van der Waals surface area (Å²) in [7, 11) is 0. The summed E-state index contributed by atoms with van der Waals surface area (Å²) in [5.41, 5.74) is 3.27. The second-order valence-corrected chi connectivity index (χ2v) is 5.66. The molecule has 1 heterocycles. The maximum absolute atomic E-state index is 12.7. The summed E-state index contributed by atoms with van der Waals surface area (Å²) in [6.07, 6.45) is 3.32. The predicted octanol–water partition coefficient (Wildman–Crippen LogP) is 2.89. The Bertz CT molecular complexity index is 748. The average Bonchev–Trinajstić information content (AvgIpc) is 3.02. The number of benzene rings is 1. The Labute approximate surface area is 129 Å². The first-order valence-corrected chi connectivity index (χ1v) is 7.76. The smallest absolute Gasteiger partial charge is 0.292 e. The van der Waals surface area contributed by atoms with Gasteiger partial charge in [0.05, 0.1) is 16.6 Å². The standard InChI is InChI=1S/C17H21N2O3/c1-3-11-22-14-9-7-13(8-10-14)17-12(2)18(20)15-5-4-6-16(15)19(17)21/h7-10,20H,3-6,11H2,1-2H3/q+1. The second kappa shape index (κ2) is 5.83. The first-order chi connectivity index (χ1) is 10.6. The lowest BCUT2D eigenvalue weighted by atomic mass is 10.1. The number of fused-ring (bicyclic) bond motifs is 1. The first kappa shape index (κ1) is 14.6. The molecule has 116 valence electrons. The van der Waals surface area contributed by atoms with Crippen LogP contribution in [0.4, 0.5) is 0 Å². The molecular formula is C17H21N2O3+. The third kappa shape index (κ3) is 2.36. The second-order valence-electron chi connectivity index (χ2n) is 5.66. The molecule has 5 heteroatoms. The molecule has 0 bridgehead atoms. The highest BCUT2D eigenvalue weighted by Crippen LogP contribution is 2.26. The van der Waals surface area contributed by atoms with Crippen molar-refractivity contribution in [3.8, 4) is 17.0 Å². The highest BCUT2D eigenvalue weighted by Gasteiger charge is 2.32. The predicted molar refractivity (Wildman–Crippen MR) is 83.0 cm³/mol. The van der Waals surface area contributed by atoms with E-state index in [2.05, 4.69) is 6.92 Å². The molecule has 0 saturated heterocycles. The summed E-state index contributed by atoms with van der Waals surface area (Å²) in [5.74, 6) is 0.790. The van der Waals surface area contributed by atoms with Gasteiger partial charge in [-0.2, -0.15) is 4.73 Å². The molecule has 5 nitrogen and oxygen atoms in total. The minimum Gasteiger partial charge on any atom is -0.494 e. The Hall–Kier alpha value is -2.30. The topological polar surface area (TPSA) is 57.4 Å². The zero-order valence-electron chi connectivity index (χ0n) is 13.0. The molecule has 22 heavy (non-hydrogen) atoms. The van der Waals surface area contributed by atoms with E-state index in [0.717, 1.165) is 40.7 Å². The summed E-state index contributed by atoms with van der Waals surface area (Å²) in [4.78, 5) is 12.7. The Kier molecular flexibility index (Phi) is 3.88. The summed E-state index contributed by atoms with van der Waals surface area (Å²) < 4.78 is 7.72. The molecular weight excluding hydrogens is 280 g/mol. The monoisotopic (exact) mass is 301 g/mol. The first-order valence-electron chi connectivity index (χ1n) is 7.76. The maximum Gasteiger partial charge on any atom is 0.292 e. The van der Waals surface area contributed by atoms with Crippen LogP contribution in [0.3, 0.4) is 0 Å². The van der Waals surface area contributed by atoms with Crippen LogP contribution in [0.25, 0.3) is 11.3 Å². The molecule has 0 atom stereocenters. The Balaban J connectivity index is 2.05. The van der Waals surface area contributed by atoms with Crippen LogP contribution in [0, 0.1) is 11.8 Å². The van der Waals surface area contributed by atoms with E-state index in [1.165, 1.54) is 4.73 Å². The van der Waals surface area contributed by atoms with Crippen LogP contribution in [0.5, 0.6) is 5.75 Å². The molecule has 0 radical (unpaired) electrons. The number of ether oxygens (including phenoxy) is 1. The zero-order valence-corrected chi connectivity index (χ0v) is 13.0. The fourth-order valence-electron chi connectivity index (χ4n) is 3.00. The average molecular weight is 301 g/mol. The molecule has 0 unspecified atom stereocenters. The van der Waals surface area contributed by atoms with Gasteiger partial charge in [0.1, 0.15) is 17.1 Å². The molecule has 1 aromatic heterocycles. The van der Waals surface area contributed by atoms with Crippen LogP contribution >= 0.6 is 0 Å². The molecule has 1 N–H and O–H groups in total. The zero-order chi connectivity index (χ0) is 15.7. The fraction of sp³-hybridized carbons (Fsp3) is 0.412.